The van der Waals surface area contributed by atoms with E-state index >= 15 is 0 Å². The van der Waals surface area contributed by atoms with E-state index in [9.17, 15) is 4.79 Å². The second-order valence-electron chi connectivity index (χ2n) is 5.69. The first kappa shape index (κ1) is 13.4. The first-order valence-electron chi connectivity index (χ1n) is 7.13. The number of amides is 1. The quantitative estimate of drug-likeness (QED) is 0.730. The van der Waals surface area contributed by atoms with Crippen molar-refractivity contribution in [3.05, 3.63) is 0 Å². The van der Waals surface area contributed by atoms with E-state index in [1.807, 2.05) is 0 Å². The molecule has 3 heteroatoms. The van der Waals surface area contributed by atoms with Gasteiger partial charge in [0.2, 0.25) is 5.91 Å². The van der Waals surface area contributed by atoms with Crippen LogP contribution >= 0.6 is 15.9 Å². The number of carbonyl (C=O) groups is 1. The smallest absolute Gasteiger partial charge is 0.236 e. The lowest BCUT2D eigenvalue weighted by Crippen LogP contribution is -2.44. The second-order valence-corrected chi connectivity index (χ2v) is 6.79. The van der Waals surface area contributed by atoms with Gasteiger partial charge >= 0.3 is 0 Å². The molecule has 0 aromatic carbocycles. The normalized spacial score (nSPS) is 35.1. The maximum Gasteiger partial charge on any atom is 0.236 e. The van der Waals surface area contributed by atoms with E-state index in [4.69, 9.17) is 0 Å². The Bertz CT molecular complexity index is 261. The lowest BCUT2D eigenvalue weighted by molar-refractivity contribution is -0.133. The van der Waals surface area contributed by atoms with Crippen LogP contribution in [0, 0.1) is 11.8 Å². The SMILES string of the molecule is CCC1CCC(CN2CCCC(Br)C2=O)CC1. The summed E-state index contributed by atoms with van der Waals surface area (Å²) in [6.45, 7) is 4.29. The van der Waals surface area contributed by atoms with Gasteiger partial charge in [-0.1, -0.05) is 42.1 Å². The molecule has 2 rings (SSSR count). The van der Waals surface area contributed by atoms with Gasteiger partial charge in [-0.3, -0.25) is 4.79 Å². The Morgan fingerprint density at radius 2 is 1.82 bits per heavy atom. The zero-order chi connectivity index (χ0) is 12.3. The molecular formula is C14H24BrNO. The van der Waals surface area contributed by atoms with Crippen LogP contribution in [0.1, 0.15) is 51.9 Å². The zero-order valence-corrected chi connectivity index (χ0v) is 12.4. The molecule has 0 N–H and O–H groups in total. The third-order valence-corrected chi connectivity index (χ3v) is 5.34. The number of hydrogen-bond acceptors (Lipinski definition) is 1. The molecule has 1 amide bonds. The average molecular weight is 302 g/mol. The number of hydrogen-bond donors (Lipinski definition) is 0. The molecule has 1 atom stereocenters. The number of carbonyl (C=O) groups excluding carboxylic acids is 1. The summed E-state index contributed by atoms with van der Waals surface area (Å²) < 4.78 is 0. The zero-order valence-electron chi connectivity index (χ0n) is 10.8. The summed E-state index contributed by atoms with van der Waals surface area (Å²) in [4.78, 5) is 14.2. The molecule has 1 heterocycles. The highest BCUT2D eigenvalue weighted by Gasteiger charge is 2.29. The second kappa shape index (κ2) is 6.21. The van der Waals surface area contributed by atoms with Crippen LogP contribution in [-0.2, 0) is 4.79 Å². The van der Waals surface area contributed by atoms with Crippen LogP contribution in [0.25, 0.3) is 0 Å². The molecule has 0 radical (unpaired) electrons. The fourth-order valence-corrected chi connectivity index (χ4v) is 3.82. The number of likely N-dealkylation sites (tertiary alicyclic amines) is 1. The predicted octanol–water partition coefficient (Wildman–Crippen LogP) is 3.59. The Labute approximate surface area is 113 Å². The molecule has 0 spiro atoms. The van der Waals surface area contributed by atoms with Gasteiger partial charge in [0, 0.05) is 13.1 Å². The molecule has 0 aromatic rings. The van der Waals surface area contributed by atoms with E-state index in [1.54, 1.807) is 0 Å². The van der Waals surface area contributed by atoms with Crippen LogP contribution in [0.2, 0.25) is 0 Å². The van der Waals surface area contributed by atoms with Crippen LogP contribution in [0.4, 0.5) is 0 Å². The van der Waals surface area contributed by atoms with Crippen molar-refractivity contribution in [1.82, 2.24) is 4.90 Å². The maximum absolute atomic E-state index is 12.0. The van der Waals surface area contributed by atoms with Crippen molar-refractivity contribution in [2.24, 2.45) is 11.8 Å². The van der Waals surface area contributed by atoms with Crippen LogP contribution in [-0.4, -0.2) is 28.7 Å². The minimum absolute atomic E-state index is 0.0863. The highest BCUT2D eigenvalue weighted by Crippen LogP contribution is 2.32. The predicted molar refractivity (Wildman–Crippen MR) is 74.3 cm³/mol. The Morgan fingerprint density at radius 3 is 2.47 bits per heavy atom. The third kappa shape index (κ3) is 3.46. The van der Waals surface area contributed by atoms with Gasteiger partial charge in [0.1, 0.15) is 0 Å². The van der Waals surface area contributed by atoms with Gasteiger partial charge in [-0.2, -0.15) is 0 Å². The fourth-order valence-electron chi connectivity index (χ4n) is 3.21. The minimum Gasteiger partial charge on any atom is -0.341 e. The molecule has 1 saturated carbocycles. The van der Waals surface area contributed by atoms with Gasteiger partial charge < -0.3 is 4.90 Å². The summed E-state index contributed by atoms with van der Waals surface area (Å²) in [5.74, 6) is 2.04. The van der Waals surface area contributed by atoms with Crippen molar-refractivity contribution in [1.29, 1.82) is 0 Å². The third-order valence-electron chi connectivity index (χ3n) is 4.49. The van der Waals surface area contributed by atoms with E-state index in [0.29, 0.717) is 5.91 Å². The molecule has 2 aliphatic rings. The van der Waals surface area contributed by atoms with E-state index in [2.05, 4.69) is 27.8 Å². The Hall–Kier alpha value is -0.0500. The van der Waals surface area contributed by atoms with Crippen LogP contribution < -0.4 is 0 Å². The van der Waals surface area contributed by atoms with Crippen molar-refractivity contribution >= 4 is 21.8 Å². The molecule has 17 heavy (non-hydrogen) atoms. The van der Waals surface area contributed by atoms with E-state index < -0.39 is 0 Å². The summed E-state index contributed by atoms with van der Waals surface area (Å²) in [7, 11) is 0. The van der Waals surface area contributed by atoms with E-state index in [-0.39, 0.29) is 4.83 Å². The molecule has 1 aliphatic carbocycles. The lowest BCUT2D eigenvalue weighted by atomic mass is 9.80. The summed E-state index contributed by atoms with van der Waals surface area (Å²) >= 11 is 3.49. The van der Waals surface area contributed by atoms with Gasteiger partial charge in [-0.05, 0) is 37.5 Å². The molecule has 1 unspecified atom stereocenters. The van der Waals surface area contributed by atoms with E-state index in [0.717, 1.165) is 37.8 Å². The first-order valence-corrected chi connectivity index (χ1v) is 8.05. The van der Waals surface area contributed by atoms with Gasteiger partial charge in [0.25, 0.3) is 0 Å². The first-order chi connectivity index (χ1) is 8.20. The van der Waals surface area contributed by atoms with Crippen molar-refractivity contribution in [2.75, 3.05) is 13.1 Å². The highest BCUT2D eigenvalue weighted by molar-refractivity contribution is 9.10. The van der Waals surface area contributed by atoms with Crippen molar-refractivity contribution in [3.8, 4) is 0 Å². The number of piperidine rings is 1. The molecule has 98 valence electrons. The Balaban J connectivity index is 1.79. The Kier molecular flexibility index (Phi) is 4.89. The molecule has 0 bridgehead atoms. The molecule has 0 aromatic heterocycles. The summed E-state index contributed by atoms with van der Waals surface area (Å²) in [5.41, 5.74) is 0. The monoisotopic (exact) mass is 301 g/mol. The largest absolute Gasteiger partial charge is 0.341 e. The summed E-state index contributed by atoms with van der Waals surface area (Å²) in [6, 6.07) is 0. The molecule has 1 aliphatic heterocycles. The van der Waals surface area contributed by atoms with Crippen molar-refractivity contribution < 1.29 is 4.79 Å². The van der Waals surface area contributed by atoms with Crippen molar-refractivity contribution in [2.45, 2.75) is 56.7 Å². The van der Waals surface area contributed by atoms with Crippen LogP contribution in [0.3, 0.4) is 0 Å². The molecule has 1 saturated heterocycles. The van der Waals surface area contributed by atoms with Crippen molar-refractivity contribution in [3.63, 3.8) is 0 Å². The maximum atomic E-state index is 12.0. The standard InChI is InChI=1S/C14H24BrNO/c1-2-11-5-7-12(8-6-11)10-16-9-3-4-13(15)14(16)17/h11-13H,2-10H2,1H3. The van der Waals surface area contributed by atoms with Crippen LogP contribution in [0.5, 0.6) is 0 Å². The van der Waals surface area contributed by atoms with Crippen LogP contribution in [0.15, 0.2) is 0 Å². The highest BCUT2D eigenvalue weighted by atomic mass is 79.9. The summed E-state index contributed by atoms with van der Waals surface area (Å²) in [6.07, 6.45) is 8.91. The fraction of sp³-hybridized carbons (Fsp3) is 0.929. The lowest BCUT2D eigenvalue weighted by Gasteiger charge is -2.35. The number of rotatable bonds is 3. The number of nitrogens with zero attached hydrogens (tertiary/aromatic N) is 1. The van der Waals surface area contributed by atoms with E-state index in [1.165, 1.54) is 32.1 Å². The van der Waals surface area contributed by atoms with Gasteiger partial charge in [0.15, 0.2) is 0 Å². The van der Waals surface area contributed by atoms with Gasteiger partial charge in [0.05, 0.1) is 4.83 Å². The Morgan fingerprint density at radius 1 is 1.18 bits per heavy atom. The number of halogens is 1. The van der Waals surface area contributed by atoms with Gasteiger partial charge in [-0.15, -0.1) is 0 Å². The topological polar surface area (TPSA) is 20.3 Å². The minimum atomic E-state index is 0.0863. The molecule has 2 fully saturated rings. The van der Waals surface area contributed by atoms with Gasteiger partial charge in [-0.25, -0.2) is 0 Å². The molecule has 2 nitrogen and oxygen atoms in total. The number of alkyl halides is 1. The molecular weight excluding hydrogens is 278 g/mol. The summed E-state index contributed by atoms with van der Waals surface area (Å²) in [5, 5.41) is 0. The average Bonchev–Trinajstić information content (AvgIpc) is 2.36.